The zero-order valence-corrected chi connectivity index (χ0v) is 14.9. The van der Waals surface area contributed by atoms with E-state index in [4.69, 9.17) is 23.2 Å². The molecule has 0 atom stereocenters. The summed E-state index contributed by atoms with van der Waals surface area (Å²) in [7, 11) is -3.54. The first-order chi connectivity index (χ1) is 11.4. The van der Waals surface area contributed by atoms with Gasteiger partial charge in [0.25, 0.3) is 0 Å². The van der Waals surface area contributed by atoms with Gasteiger partial charge in [-0.15, -0.1) is 0 Å². The molecule has 4 nitrogen and oxygen atoms in total. The average Bonchev–Trinajstić information content (AvgIpc) is 2.91. The number of hydrogen-bond acceptors (Lipinski definition) is 2. The van der Waals surface area contributed by atoms with Crippen LogP contribution in [0.2, 0.25) is 10.0 Å². The lowest BCUT2D eigenvalue weighted by Crippen LogP contribution is -2.35. The van der Waals surface area contributed by atoms with E-state index in [1.54, 1.807) is 24.3 Å². The Balaban J connectivity index is 1.73. The van der Waals surface area contributed by atoms with E-state index in [0.29, 0.717) is 29.6 Å². The van der Waals surface area contributed by atoms with Crippen molar-refractivity contribution in [3.63, 3.8) is 0 Å². The SMILES string of the molecule is O=S(=O)(c1ccc(Cl)cc1)N1CCc2[nH]c3cc(Cl)ccc3c2C1. The van der Waals surface area contributed by atoms with Crippen LogP contribution in [0.5, 0.6) is 0 Å². The fraction of sp³-hybridized carbons (Fsp3) is 0.176. The molecule has 24 heavy (non-hydrogen) atoms. The fourth-order valence-corrected chi connectivity index (χ4v) is 4.84. The summed E-state index contributed by atoms with van der Waals surface area (Å²) >= 11 is 11.9. The van der Waals surface area contributed by atoms with Gasteiger partial charge in [-0.1, -0.05) is 29.3 Å². The van der Waals surface area contributed by atoms with Crippen LogP contribution in [0.4, 0.5) is 0 Å². The second-order valence-corrected chi connectivity index (χ2v) is 8.63. The summed E-state index contributed by atoms with van der Waals surface area (Å²) in [4.78, 5) is 3.61. The van der Waals surface area contributed by atoms with E-state index >= 15 is 0 Å². The van der Waals surface area contributed by atoms with Crippen LogP contribution in [0.1, 0.15) is 11.3 Å². The Morgan fingerprint density at radius 2 is 1.71 bits per heavy atom. The standard InChI is InChI=1S/C17H14Cl2N2O2S/c18-11-1-4-13(5-2-11)24(22,23)21-8-7-16-15(10-21)14-6-3-12(19)9-17(14)20-16/h1-6,9,20H,7-8,10H2. The van der Waals surface area contributed by atoms with E-state index in [9.17, 15) is 8.42 Å². The van der Waals surface area contributed by atoms with Crippen molar-refractivity contribution in [2.24, 2.45) is 0 Å². The number of halogens is 2. The molecule has 4 rings (SSSR count). The Morgan fingerprint density at radius 3 is 2.46 bits per heavy atom. The third kappa shape index (κ3) is 2.62. The molecule has 2 heterocycles. The van der Waals surface area contributed by atoms with Gasteiger partial charge in [0.05, 0.1) is 4.90 Å². The lowest BCUT2D eigenvalue weighted by molar-refractivity contribution is 0.391. The van der Waals surface area contributed by atoms with E-state index in [1.165, 1.54) is 4.31 Å². The summed E-state index contributed by atoms with van der Waals surface area (Å²) in [6.07, 6.45) is 0.647. The number of fused-ring (bicyclic) bond motifs is 3. The summed E-state index contributed by atoms with van der Waals surface area (Å²) in [6, 6.07) is 11.9. The lowest BCUT2D eigenvalue weighted by Gasteiger charge is -2.26. The number of H-pyrrole nitrogens is 1. The van der Waals surface area contributed by atoms with Crippen molar-refractivity contribution in [2.75, 3.05) is 6.54 Å². The minimum absolute atomic E-state index is 0.262. The highest BCUT2D eigenvalue weighted by molar-refractivity contribution is 7.89. The second kappa shape index (κ2) is 5.77. The van der Waals surface area contributed by atoms with Crippen LogP contribution in [0.25, 0.3) is 10.9 Å². The van der Waals surface area contributed by atoms with Crippen LogP contribution in [0.15, 0.2) is 47.4 Å². The van der Waals surface area contributed by atoms with E-state index < -0.39 is 10.0 Å². The van der Waals surface area contributed by atoms with Gasteiger partial charge in [0.15, 0.2) is 0 Å². The molecule has 124 valence electrons. The number of rotatable bonds is 2. The monoisotopic (exact) mass is 380 g/mol. The maximum Gasteiger partial charge on any atom is 0.243 e. The maximum absolute atomic E-state index is 12.9. The normalized spacial score (nSPS) is 15.6. The van der Waals surface area contributed by atoms with Crippen molar-refractivity contribution >= 4 is 44.1 Å². The maximum atomic E-state index is 12.9. The van der Waals surface area contributed by atoms with Gasteiger partial charge >= 0.3 is 0 Å². The van der Waals surface area contributed by atoms with E-state index in [1.807, 2.05) is 18.2 Å². The van der Waals surface area contributed by atoms with Gasteiger partial charge in [0.1, 0.15) is 0 Å². The van der Waals surface area contributed by atoms with Crippen LogP contribution in [0, 0.1) is 0 Å². The minimum Gasteiger partial charge on any atom is -0.358 e. The number of nitrogens with one attached hydrogen (secondary N) is 1. The molecule has 0 bridgehead atoms. The van der Waals surface area contributed by atoms with Crippen molar-refractivity contribution in [3.05, 3.63) is 63.8 Å². The Kier molecular flexibility index (Phi) is 3.84. The molecule has 0 unspecified atom stereocenters. The smallest absolute Gasteiger partial charge is 0.243 e. The average molecular weight is 381 g/mol. The third-order valence-corrected chi connectivity index (χ3v) is 6.70. The minimum atomic E-state index is -3.54. The number of aromatic nitrogens is 1. The first-order valence-electron chi connectivity index (χ1n) is 7.50. The Labute approximate surface area is 150 Å². The largest absolute Gasteiger partial charge is 0.358 e. The zero-order chi connectivity index (χ0) is 16.9. The Bertz CT molecular complexity index is 1030. The summed E-state index contributed by atoms with van der Waals surface area (Å²) < 4.78 is 27.3. The van der Waals surface area contributed by atoms with Gasteiger partial charge in [-0.3, -0.25) is 0 Å². The molecule has 1 N–H and O–H groups in total. The van der Waals surface area contributed by atoms with E-state index in [-0.39, 0.29) is 4.90 Å². The van der Waals surface area contributed by atoms with Crippen molar-refractivity contribution < 1.29 is 8.42 Å². The molecule has 0 aliphatic carbocycles. The number of hydrogen-bond donors (Lipinski definition) is 1. The molecular weight excluding hydrogens is 367 g/mol. The van der Waals surface area contributed by atoms with E-state index in [0.717, 1.165) is 22.2 Å². The summed E-state index contributed by atoms with van der Waals surface area (Å²) in [5.41, 5.74) is 3.04. The van der Waals surface area contributed by atoms with Crippen LogP contribution in [0.3, 0.4) is 0 Å². The predicted molar refractivity (Wildman–Crippen MR) is 96.1 cm³/mol. The molecule has 7 heteroatoms. The highest BCUT2D eigenvalue weighted by Crippen LogP contribution is 2.32. The van der Waals surface area contributed by atoms with Crippen LogP contribution < -0.4 is 0 Å². The molecule has 2 aromatic carbocycles. The molecule has 0 fully saturated rings. The highest BCUT2D eigenvalue weighted by atomic mass is 35.5. The van der Waals surface area contributed by atoms with Gasteiger partial charge in [-0.2, -0.15) is 4.31 Å². The van der Waals surface area contributed by atoms with Crippen molar-refractivity contribution in [1.82, 2.24) is 9.29 Å². The first-order valence-corrected chi connectivity index (χ1v) is 9.69. The number of benzene rings is 2. The second-order valence-electron chi connectivity index (χ2n) is 5.81. The molecule has 1 aliphatic heterocycles. The molecule has 3 aromatic rings. The molecule has 0 amide bonds. The molecule has 0 radical (unpaired) electrons. The van der Waals surface area contributed by atoms with Crippen LogP contribution in [-0.2, 0) is 23.0 Å². The van der Waals surface area contributed by atoms with Crippen LogP contribution in [-0.4, -0.2) is 24.3 Å². The molecule has 0 saturated carbocycles. The summed E-state index contributed by atoms with van der Waals surface area (Å²) in [5.74, 6) is 0. The molecular formula is C17H14Cl2N2O2S. The topological polar surface area (TPSA) is 53.2 Å². The predicted octanol–water partition coefficient (Wildman–Crippen LogP) is 4.22. The molecule has 0 saturated heterocycles. The van der Waals surface area contributed by atoms with Gasteiger partial charge in [0, 0.05) is 46.2 Å². The first kappa shape index (κ1) is 16.0. The summed E-state index contributed by atoms with van der Waals surface area (Å²) in [5, 5.41) is 2.19. The van der Waals surface area contributed by atoms with Gasteiger partial charge < -0.3 is 4.98 Å². The van der Waals surface area contributed by atoms with Crippen LogP contribution >= 0.6 is 23.2 Å². The summed E-state index contributed by atoms with van der Waals surface area (Å²) in [6.45, 7) is 0.792. The molecule has 1 aliphatic rings. The van der Waals surface area contributed by atoms with Crippen molar-refractivity contribution in [3.8, 4) is 0 Å². The van der Waals surface area contributed by atoms with E-state index in [2.05, 4.69) is 4.98 Å². The fourth-order valence-electron chi connectivity index (χ4n) is 3.13. The van der Waals surface area contributed by atoms with Gasteiger partial charge in [0.2, 0.25) is 10.0 Å². The third-order valence-electron chi connectivity index (χ3n) is 4.35. The quantitative estimate of drug-likeness (QED) is 0.723. The van der Waals surface area contributed by atoms with Crippen molar-refractivity contribution in [1.29, 1.82) is 0 Å². The number of aromatic amines is 1. The highest BCUT2D eigenvalue weighted by Gasteiger charge is 2.30. The Morgan fingerprint density at radius 1 is 1.00 bits per heavy atom. The lowest BCUT2D eigenvalue weighted by atomic mass is 10.1. The van der Waals surface area contributed by atoms with Gasteiger partial charge in [-0.05, 0) is 42.0 Å². The number of nitrogens with zero attached hydrogens (tertiary/aromatic N) is 1. The van der Waals surface area contributed by atoms with Crippen molar-refractivity contribution in [2.45, 2.75) is 17.9 Å². The van der Waals surface area contributed by atoms with Gasteiger partial charge in [-0.25, -0.2) is 8.42 Å². The number of sulfonamides is 1. The Hall–Kier alpha value is -1.53. The molecule has 0 spiro atoms. The zero-order valence-electron chi connectivity index (χ0n) is 12.6. The molecule has 1 aromatic heterocycles.